The normalized spacial score (nSPS) is 14.2. The summed E-state index contributed by atoms with van der Waals surface area (Å²) in [5.74, 6) is -1.13. The molecule has 11 heteroatoms. The van der Waals surface area contributed by atoms with E-state index in [-0.39, 0.29) is 17.7 Å². The van der Waals surface area contributed by atoms with Gasteiger partial charge in [-0.25, -0.2) is 14.5 Å². The molecule has 7 amide bonds. The van der Waals surface area contributed by atoms with Crippen molar-refractivity contribution in [3.63, 3.8) is 0 Å². The fourth-order valence-electron chi connectivity index (χ4n) is 4.23. The van der Waals surface area contributed by atoms with Gasteiger partial charge >= 0.3 is 12.1 Å². The second-order valence-electron chi connectivity index (χ2n) is 11.2. The van der Waals surface area contributed by atoms with E-state index >= 15 is 0 Å². The number of nitrogens with zero attached hydrogens (tertiary/aromatic N) is 4. The van der Waals surface area contributed by atoms with E-state index in [9.17, 15) is 28.8 Å². The maximum atomic E-state index is 13.8. The maximum Gasteiger partial charge on any atom is 0.331 e. The van der Waals surface area contributed by atoms with Crippen LogP contribution in [-0.2, 0) is 19.2 Å². The van der Waals surface area contributed by atoms with E-state index in [1.54, 1.807) is 20.9 Å². The van der Waals surface area contributed by atoms with Gasteiger partial charge in [0.1, 0.15) is 18.4 Å². The Labute approximate surface area is 234 Å². The number of imide groups is 2. The molecule has 0 aliphatic heterocycles. The van der Waals surface area contributed by atoms with E-state index in [0.717, 1.165) is 9.80 Å². The fourth-order valence-corrected chi connectivity index (χ4v) is 4.23. The van der Waals surface area contributed by atoms with Gasteiger partial charge in [-0.05, 0) is 37.0 Å². The number of nitrogens with one attached hydrogen (secondary N) is 1. The van der Waals surface area contributed by atoms with Gasteiger partial charge in [0.15, 0.2) is 0 Å². The minimum absolute atomic E-state index is 0.111. The molecule has 11 nitrogen and oxygen atoms in total. The first-order chi connectivity index (χ1) is 18.0. The van der Waals surface area contributed by atoms with Crippen LogP contribution in [0.5, 0.6) is 0 Å². The minimum Gasteiger partial charge on any atom is -0.334 e. The molecule has 0 aromatic rings. The molecule has 0 heterocycles. The summed E-state index contributed by atoms with van der Waals surface area (Å²) in [6.45, 7) is 13.4. The molecule has 0 fully saturated rings. The first-order valence-electron chi connectivity index (χ1n) is 13.9. The van der Waals surface area contributed by atoms with E-state index in [1.165, 1.54) is 30.9 Å². The highest BCUT2D eigenvalue weighted by molar-refractivity contribution is 6.04. The summed E-state index contributed by atoms with van der Waals surface area (Å²) in [6.07, 6.45) is 2.97. The van der Waals surface area contributed by atoms with E-state index in [4.69, 9.17) is 0 Å². The quantitative estimate of drug-likeness (QED) is 0.329. The van der Waals surface area contributed by atoms with Crippen molar-refractivity contribution in [1.29, 1.82) is 0 Å². The second kappa shape index (κ2) is 16.9. The number of urea groups is 2. The van der Waals surface area contributed by atoms with Gasteiger partial charge in [-0.15, -0.1) is 0 Å². The van der Waals surface area contributed by atoms with Crippen molar-refractivity contribution >= 4 is 36.1 Å². The molecule has 0 saturated heterocycles. The molecule has 0 aliphatic rings. The summed E-state index contributed by atoms with van der Waals surface area (Å²) < 4.78 is 0. The number of hydrogen-bond acceptors (Lipinski definition) is 6. The van der Waals surface area contributed by atoms with Crippen molar-refractivity contribution in [2.24, 2.45) is 17.8 Å². The molecular formula is C28H51N5O6. The fraction of sp³-hybridized carbons (Fsp3) is 0.786. The highest BCUT2D eigenvalue weighted by Gasteiger charge is 2.38. The molecule has 0 radical (unpaired) electrons. The zero-order valence-electron chi connectivity index (χ0n) is 25.8. The molecule has 1 N–H and O–H groups in total. The third-order valence-corrected chi connectivity index (χ3v) is 7.19. The molecule has 0 rings (SSSR count). The van der Waals surface area contributed by atoms with Crippen molar-refractivity contribution in [1.82, 2.24) is 24.9 Å². The number of hydrogen-bond donors (Lipinski definition) is 1. The monoisotopic (exact) mass is 553 g/mol. The molecule has 0 saturated carbocycles. The Balaban J connectivity index is 5.91. The average molecular weight is 554 g/mol. The standard InChI is InChI=1S/C28H51N5O6/c1-12-20(7)24(25(36)29-27(38)33(11)28(39)30(8)21(13-2)17-34)32(10)26(37)22(16-19(5)6)31(9)23(35)15-14-18(3)4/h17-22,24H,12-16H2,1-11H3,(H,29,36,38)/t20-,21-,22-,24-/m0/s1. The molecule has 0 unspecified atom stereocenters. The van der Waals surface area contributed by atoms with E-state index in [2.05, 4.69) is 5.32 Å². The maximum absolute atomic E-state index is 13.8. The topological polar surface area (TPSA) is 127 Å². The van der Waals surface area contributed by atoms with Crippen molar-refractivity contribution in [3.05, 3.63) is 0 Å². The van der Waals surface area contributed by atoms with E-state index < -0.39 is 42.0 Å². The summed E-state index contributed by atoms with van der Waals surface area (Å²) in [5.41, 5.74) is 0. The van der Waals surface area contributed by atoms with Crippen LogP contribution in [0.15, 0.2) is 0 Å². The van der Waals surface area contributed by atoms with Gasteiger partial charge in [-0.1, -0.05) is 54.9 Å². The van der Waals surface area contributed by atoms with Gasteiger partial charge in [-0.2, -0.15) is 0 Å². The lowest BCUT2D eigenvalue weighted by Gasteiger charge is -2.37. The van der Waals surface area contributed by atoms with Crippen molar-refractivity contribution in [2.45, 2.75) is 98.7 Å². The number of likely N-dealkylation sites (N-methyl/N-ethyl adjacent to an activating group) is 3. The van der Waals surface area contributed by atoms with Crippen molar-refractivity contribution < 1.29 is 28.8 Å². The molecule has 0 aromatic carbocycles. The summed E-state index contributed by atoms with van der Waals surface area (Å²) in [5, 5.41) is 2.24. The van der Waals surface area contributed by atoms with Crippen LogP contribution in [0.25, 0.3) is 0 Å². The number of carbonyl (C=O) groups excluding carboxylic acids is 6. The van der Waals surface area contributed by atoms with Crippen LogP contribution in [-0.4, -0.2) is 102 Å². The lowest BCUT2D eigenvalue weighted by Crippen LogP contribution is -2.59. The first-order valence-corrected chi connectivity index (χ1v) is 13.9. The molecule has 0 bridgehead atoms. The summed E-state index contributed by atoms with van der Waals surface area (Å²) >= 11 is 0. The van der Waals surface area contributed by atoms with Crippen LogP contribution in [0.4, 0.5) is 9.59 Å². The van der Waals surface area contributed by atoms with Gasteiger partial charge in [-0.3, -0.25) is 19.7 Å². The molecule has 39 heavy (non-hydrogen) atoms. The molecule has 4 atom stereocenters. The second-order valence-corrected chi connectivity index (χ2v) is 11.2. The zero-order chi connectivity index (χ0) is 30.6. The summed E-state index contributed by atoms with van der Waals surface area (Å²) in [6, 6.07) is -4.20. The molecule has 224 valence electrons. The zero-order valence-corrected chi connectivity index (χ0v) is 25.8. The number of amides is 7. The summed E-state index contributed by atoms with van der Waals surface area (Å²) in [7, 11) is 5.73. The Bertz CT molecular complexity index is 861. The highest BCUT2D eigenvalue weighted by atomic mass is 16.2. The van der Waals surface area contributed by atoms with Gasteiger partial charge in [0.25, 0.3) is 5.91 Å². The predicted octanol–water partition coefficient (Wildman–Crippen LogP) is 3.37. The lowest BCUT2D eigenvalue weighted by molar-refractivity contribution is -0.149. The Morgan fingerprint density at radius 1 is 0.795 bits per heavy atom. The minimum atomic E-state index is -1.01. The number of rotatable bonds is 14. The van der Waals surface area contributed by atoms with Crippen LogP contribution < -0.4 is 5.32 Å². The largest absolute Gasteiger partial charge is 0.334 e. The van der Waals surface area contributed by atoms with Gasteiger partial charge in [0.05, 0.1) is 6.04 Å². The first kappa shape index (κ1) is 36.0. The Hall–Kier alpha value is -2.98. The lowest BCUT2D eigenvalue weighted by atomic mass is 9.94. The third kappa shape index (κ3) is 10.6. The van der Waals surface area contributed by atoms with Crippen LogP contribution >= 0.6 is 0 Å². The van der Waals surface area contributed by atoms with Gasteiger partial charge < -0.3 is 19.5 Å². The smallest absolute Gasteiger partial charge is 0.331 e. The highest BCUT2D eigenvalue weighted by Crippen LogP contribution is 2.20. The van der Waals surface area contributed by atoms with E-state index in [0.29, 0.717) is 44.3 Å². The van der Waals surface area contributed by atoms with Crippen LogP contribution in [0.2, 0.25) is 0 Å². The van der Waals surface area contributed by atoms with Crippen LogP contribution in [0.1, 0.15) is 80.6 Å². The Morgan fingerprint density at radius 2 is 1.36 bits per heavy atom. The van der Waals surface area contributed by atoms with Crippen LogP contribution in [0.3, 0.4) is 0 Å². The van der Waals surface area contributed by atoms with E-state index in [1.807, 2.05) is 34.6 Å². The van der Waals surface area contributed by atoms with Crippen LogP contribution in [0, 0.1) is 17.8 Å². The Morgan fingerprint density at radius 3 is 1.79 bits per heavy atom. The number of aldehydes is 1. The van der Waals surface area contributed by atoms with Crippen molar-refractivity contribution in [3.8, 4) is 0 Å². The molecule has 0 spiro atoms. The molecular weight excluding hydrogens is 502 g/mol. The Kier molecular flexibility index (Phi) is 15.6. The predicted molar refractivity (Wildman–Crippen MR) is 151 cm³/mol. The summed E-state index contributed by atoms with van der Waals surface area (Å²) in [4.78, 5) is 81.3. The SMILES string of the molecule is CC[C@@H](C=O)N(C)C(=O)N(C)C(=O)NC(=O)[C@H]([C@@H](C)CC)N(C)C(=O)[C@H](CC(C)C)N(C)C(=O)CCC(C)C. The number of carbonyl (C=O) groups is 6. The average Bonchev–Trinajstić information content (AvgIpc) is 2.88. The van der Waals surface area contributed by atoms with Crippen molar-refractivity contribution in [2.75, 3.05) is 28.2 Å². The van der Waals surface area contributed by atoms with Gasteiger partial charge in [0, 0.05) is 34.6 Å². The molecule has 0 aliphatic carbocycles. The molecule has 0 aromatic heterocycles. The van der Waals surface area contributed by atoms with Gasteiger partial charge in [0.2, 0.25) is 11.8 Å². The third-order valence-electron chi connectivity index (χ3n) is 7.19.